The molecule has 8 heteroatoms. The number of hydrogen-bond donors (Lipinski definition) is 1. The monoisotopic (exact) mass is 280 g/mol. The van der Waals surface area contributed by atoms with Gasteiger partial charge in [-0.2, -0.15) is 16.8 Å². The maximum atomic E-state index is 11.5. The molecule has 6 nitrogen and oxygen atoms in total. The molecule has 1 N–H and O–H groups in total. The van der Waals surface area contributed by atoms with Crippen LogP contribution in [0.2, 0.25) is 0 Å². The molecule has 0 spiro atoms. The Morgan fingerprint density at radius 3 is 2.18 bits per heavy atom. The minimum atomic E-state index is -4.08. The molecule has 1 aromatic rings. The molecule has 0 unspecified atom stereocenters. The average molecular weight is 280 g/mol. The number of benzene rings is 1. The van der Waals surface area contributed by atoms with Crippen LogP contribution in [0.4, 0.5) is 0 Å². The molecule has 0 bridgehead atoms. The largest absolute Gasteiger partial charge is 0.296 e. The maximum absolute atomic E-state index is 11.5. The Morgan fingerprint density at radius 1 is 1.06 bits per heavy atom. The Balaban J connectivity index is 2.53. The van der Waals surface area contributed by atoms with Gasteiger partial charge in [0.1, 0.15) is 0 Å². The number of rotatable bonds is 6. The van der Waals surface area contributed by atoms with Gasteiger partial charge in [-0.15, -0.1) is 0 Å². The zero-order valence-corrected chi connectivity index (χ0v) is 10.4. The van der Waals surface area contributed by atoms with Crippen LogP contribution >= 0.6 is 0 Å². The molecule has 96 valence electrons. The SMILES string of the molecule is O=S(=O)(O)CCCOS(=O)(=O)c1ccccc1. The van der Waals surface area contributed by atoms with Gasteiger partial charge in [0.2, 0.25) is 0 Å². The molecule has 0 amide bonds. The van der Waals surface area contributed by atoms with Crippen molar-refractivity contribution in [2.45, 2.75) is 11.3 Å². The lowest BCUT2D eigenvalue weighted by Crippen LogP contribution is -2.11. The predicted molar refractivity (Wildman–Crippen MR) is 60.6 cm³/mol. The van der Waals surface area contributed by atoms with Gasteiger partial charge in [0, 0.05) is 0 Å². The van der Waals surface area contributed by atoms with E-state index < -0.39 is 26.0 Å². The van der Waals surface area contributed by atoms with E-state index in [1.165, 1.54) is 12.1 Å². The summed E-state index contributed by atoms with van der Waals surface area (Å²) in [5.41, 5.74) is 0. The Labute approximate surface area is 100 Å². The molecule has 0 heterocycles. The van der Waals surface area contributed by atoms with Gasteiger partial charge < -0.3 is 0 Å². The molecular formula is C9H12O6S2. The van der Waals surface area contributed by atoms with Crippen molar-refractivity contribution in [3.63, 3.8) is 0 Å². The van der Waals surface area contributed by atoms with E-state index in [0.29, 0.717) is 0 Å². The normalized spacial score (nSPS) is 12.5. The average Bonchev–Trinajstić information content (AvgIpc) is 2.25. The van der Waals surface area contributed by atoms with Crippen LogP contribution in [0.5, 0.6) is 0 Å². The molecule has 17 heavy (non-hydrogen) atoms. The van der Waals surface area contributed by atoms with E-state index in [-0.39, 0.29) is 17.9 Å². The molecule has 0 saturated heterocycles. The molecule has 0 aromatic heterocycles. The van der Waals surface area contributed by atoms with E-state index in [1.54, 1.807) is 18.2 Å². The summed E-state index contributed by atoms with van der Waals surface area (Å²) in [5.74, 6) is -0.530. The molecule has 1 aromatic carbocycles. The molecule has 0 atom stereocenters. The van der Waals surface area contributed by atoms with E-state index in [4.69, 9.17) is 4.55 Å². The van der Waals surface area contributed by atoms with Crippen molar-refractivity contribution >= 4 is 20.2 Å². The lowest BCUT2D eigenvalue weighted by atomic mass is 10.4. The molecule has 1 rings (SSSR count). The van der Waals surface area contributed by atoms with Crippen LogP contribution in [-0.4, -0.2) is 33.7 Å². The Morgan fingerprint density at radius 2 is 1.65 bits per heavy atom. The summed E-state index contributed by atoms with van der Waals surface area (Å²) >= 11 is 0. The highest BCUT2D eigenvalue weighted by molar-refractivity contribution is 7.86. The molecule has 0 fully saturated rings. The third-order valence-electron chi connectivity index (χ3n) is 1.82. The smallest absolute Gasteiger partial charge is 0.286 e. The second-order valence-corrected chi connectivity index (χ2v) is 6.42. The second-order valence-electron chi connectivity index (χ2n) is 3.23. The lowest BCUT2D eigenvalue weighted by molar-refractivity contribution is 0.316. The molecule has 0 aliphatic carbocycles. The van der Waals surface area contributed by atoms with E-state index in [1.807, 2.05) is 0 Å². The maximum Gasteiger partial charge on any atom is 0.296 e. The summed E-state index contributed by atoms with van der Waals surface area (Å²) in [6, 6.07) is 7.51. The summed E-state index contributed by atoms with van der Waals surface area (Å²) in [5, 5.41) is 0. The standard InChI is InChI=1S/C9H12O6S2/c10-16(11,12)8-4-7-15-17(13,14)9-5-2-1-3-6-9/h1-3,5-6H,4,7-8H2,(H,10,11,12). The lowest BCUT2D eigenvalue weighted by Gasteiger charge is -2.04. The molecular weight excluding hydrogens is 268 g/mol. The zero-order chi connectivity index (χ0) is 12.9. The minimum Gasteiger partial charge on any atom is -0.286 e. The summed E-state index contributed by atoms with van der Waals surface area (Å²) in [4.78, 5) is 0.00635. The van der Waals surface area contributed by atoms with E-state index in [9.17, 15) is 16.8 Å². The van der Waals surface area contributed by atoms with Crippen LogP contribution in [0.25, 0.3) is 0 Å². The first kappa shape index (κ1) is 14.1. The fraction of sp³-hybridized carbons (Fsp3) is 0.333. The van der Waals surface area contributed by atoms with Crippen molar-refractivity contribution in [1.82, 2.24) is 0 Å². The summed E-state index contributed by atoms with van der Waals surface area (Å²) in [6.45, 7) is -0.295. The van der Waals surface area contributed by atoms with Gasteiger partial charge in [-0.3, -0.25) is 8.74 Å². The van der Waals surface area contributed by atoms with E-state index >= 15 is 0 Å². The van der Waals surface area contributed by atoms with Gasteiger partial charge in [0.05, 0.1) is 17.3 Å². The summed E-state index contributed by atoms with van der Waals surface area (Å²) in [6.07, 6.45) is -0.0924. The van der Waals surface area contributed by atoms with Gasteiger partial charge in [-0.1, -0.05) is 18.2 Å². The van der Waals surface area contributed by atoms with E-state index in [2.05, 4.69) is 4.18 Å². The van der Waals surface area contributed by atoms with Gasteiger partial charge in [-0.25, -0.2) is 0 Å². The van der Waals surface area contributed by atoms with Gasteiger partial charge in [-0.05, 0) is 18.6 Å². The Hall–Kier alpha value is -0.960. The predicted octanol–water partition coefficient (Wildman–Crippen LogP) is 0.670. The first-order valence-corrected chi connectivity index (χ1v) is 7.73. The van der Waals surface area contributed by atoms with Gasteiger partial charge >= 0.3 is 0 Å². The summed E-state index contributed by atoms with van der Waals surface area (Å²) in [7, 11) is -7.94. The first-order valence-electron chi connectivity index (χ1n) is 4.71. The van der Waals surface area contributed by atoms with Crippen molar-refractivity contribution in [3.8, 4) is 0 Å². The van der Waals surface area contributed by atoms with Crippen molar-refractivity contribution in [2.75, 3.05) is 12.4 Å². The van der Waals surface area contributed by atoms with Crippen LogP contribution in [0.1, 0.15) is 6.42 Å². The third kappa shape index (κ3) is 5.26. The van der Waals surface area contributed by atoms with Gasteiger partial charge in [0.15, 0.2) is 0 Å². The first-order chi connectivity index (χ1) is 7.81. The van der Waals surface area contributed by atoms with Crippen molar-refractivity contribution in [1.29, 1.82) is 0 Å². The topological polar surface area (TPSA) is 97.7 Å². The van der Waals surface area contributed by atoms with Gasteiger partial charge in [0.25, 0.3) is 20.2 Å². The van der Waals surface area contributed by atoms with Crippen molar-refractivity contribution in [2.24, 2.45) is 0 Å². The number of hydrogen-bond acceptors (Lipinski definition) is 5. The Kier molecular flexibility index (Phi) is 4.63. The van der Waals surface area contributed by atoms with E-state index in [0.717, 1.165) is 0 Å². The van der Waals surface area contributed by atoms with Crippen LogP contribution in [-0.2, 0) is 24.4 Å². The minimum absolute atomic E-state index is 0.00635. The molecule has 0 aliphatic heterocycles. The quantitative estimate of drug-likeness (QED) is 0.467. The van der Waals surface area contributed by atoms with Crippen LogP contribution in [0.15, 0.2) is 35.2 Å². The van der Waals surface area contributed by atoms with Crippen molar-refractivity contribution < 1.29 is 25.6 Å². The third-order valence-corrected chi connectivity index (χ3v) is 3.95. The second kappa shape index (κ2) is 5.58. The molecule has 0 saturated carbocycles. The van der Waals surface area contributed by atoms with Crippen LogP contribution in [0.3, 0.4) is 0 Å². The van der Waals surface area contributed by atoms with Crippen LogP contribution < -0.4 is 0 Å². The highest BCUT2D eigenvalue weighted by Crippen LogP contribution is 2.11. The zero-order valence-electron chi connectivity index (χ0n) is 8.81. The molecule has 0 aliphatic rings. The fourth-order valence-electron chi connectivity index (χ4n) is 1.07. The highest BCUT2D eigenvalue weighted by atomic mass is 32.2. The highest BCUT2D eigenvalue weighted by Gasteiger charge is 2.14. The van der Waals surface area contributed by atoms with Crippen LogP contribution in [0, 0.1) is 0 Å². The fourth-order valence-corrected chi connectivity index (χ4v) is 2.51. The van der Waals surface area contributed by atoms with Crippen molar-refractivity contribution in [3.05, 3.63) is 30.3 Å². The summed E-state index contributed by atoms with van der Waals surface area (Å²) < 4.78 is 56.8. The Bertz CT molecular complexity index is 546. The molecule has 0 radical (unpaired) electrons.